The van der Waals surface area contributed by atoms with Crippen LogP contribution >= 0.6 is 0 Å². The summed E-state index contributed by atoms with van der Waals surface area (Å²) in [4.78, 5) is 21.7. The molecule has 7 nitrogen and oxygen atoms in total. The lowest BCUT2D eigenvalue weighted by atomic mass is 9.76. The van der Waals surface area contributed by atoms with E-state index in [0.29, 0.717) is 11.2 Å². The van der Waals surface area contributed by atoms with Crippen LogP contribution in [0.5, 0.6) is 0 Å². The molecule has 0 spiro atoms. The van der Waals surface area contributed by atoms with Gasteiger partial charge in [0.2, 0.25) is 11.9 Å². The third kappa shape index (κ3) is 7.39. The van der Waals surface area contributed by atoms with Crippen LogP contribution in [0.25, 0.3) is 11.3 Å². The third-order valence-electron chi connectivity index (χ3n) is 7.32. The van der Waals surface area contributed by atoms with Crippen LogP contribution in [-0.2, 0) is 17.6 Å². The van der Waals surface area contributed by atoms with Gasteiger partial charge >= 0.3 is 0 Å². The zero-order valence-corrected chi connectivity index (χ0v) is 23.8. The van der Waals surface area contributed by atoms with Crippen molar-refractivity contribution < 1.29 is 9.18 Å². The molecule has 0 saturated heterocycles. The van der Waals surface area contributed by atoms with Gasteiger partial charge in [0.25, 0.3) is 0 Å². The predicted octanol–water partition coefficient (Wildman–Crippen LogP) is 6.82. The Morgan fingerprint density at radius 3 is 2.47 bits per heavy atom. The number of amides is 1. The highest BCUT2D eigenvalue weighted by Gasteiger charge is 2.29. The van der Waals surface area contributed by atoms with Crippen LogP contribution in [0.15, 0.2) is 36.7 Å². The molecule has 3 aromatic rings. The van der Waals surface area contributed by atoms with Gasteiger partial charge in [-0.15, -0.1) is 0 Å². The second-order valence-electron chi connectivity index (χ2n) is 10.6. The van der Waals surface area contributed by atoms with E-state index in [2.05, 4.69) is 39.3 Å². The maximum Gasteiger partial charge on any atom is 0.229 e. The molecule has 0 bridgehead atoms. The number of anilines is 2. The number of aromatic amines is 1. The number of hydrogen-bond acceptors (Lipinski definition) is 5. The fraction of sp³-hybridized carbons (Fsp3) is 0.533. The number of halogens is 1. The molecule has 0 atom stereocenters. The number of H-pyrrole nitrogens is 1. The minimum atomic E-state index is -0.486. The van der Waals surface area contributed by atoms with Gasteiger partial charge in [0.1, 0.15) is 5.82 Å². The molecule has 5 rings (SSSR count). The summed E-state index contributed by atoms with van der Waals surface area (Å²) in [6.45, 7) is 8.53. The molecular weight excluding hydrogens is 479 g/mol. The molecule has 2 aliphatic rings. The smallest absolute Gasteiger partial charge is 0.229 e. The lowest BCUT2D eigenvalue weighted by molar-refractivity contribution is -0.123. The Kier molecular flexibility index (Phi) is 10.4. The van der Waals surface area contributed by atoms with E-state index < -0.39 is 5.95 Å². The molecule has 1 amide bonds. The van der Waals surface area contributed by atoms with Crippen LogP contribution in [0.1, 0.15) is 77.5 Å². The quantitative estimate of drug-likeness (QED) is 0.367. The van der Waals surface area contributed by atoms with E-state index in [9.17, 15) is 9.18 Å². The Morgan fingerprint density at radius 1 is 1.13 bits per heavy atom. The van der Waals surface area contributed by atoms with Crippen molar-refractivity contribution in [1.82, 2.24) is 20.2 Å². The maximum absolute atomic E-state index is 13.6. The first-order chi connectivity index (χ1) is 18.3. The van der Waals surface area contributed by atoms with E-state index in [1.807, 2.05) is 39.1 Å². The molecule has 3 heterocycles. The molecule has 0 aliphatic heterocycles. The summed E-state index contributed by atoms with van der Waals surface area (Å²) in [6.07, 6.45) is 12.3. The highest BCUT2D eigenvalue weighted by atomic mass is 19.1. The van der Waals surface area contributed by atoms with Crippen molar-refractivity contribution in [1.29, 1.82) is 0 Å². The molecule has 8 heteroatoms. The Balaban J connectivity index is 0.000000202. The summed E-state index contributed by atoms with van der Waals surface area (Å²) in [5.41, 5.74) is 5.27. The van der Waals surface area contributed by atoms with Crippen LogP contribution in [0.3, 0.4) is 0 Å². The van der Waals surface area contributed by atoms with E-state index >= 15 is 0 Å². The maximum atomic E-state index is 13.6. The fourth-order valence-electron chi connectivity index (χ4n) is 5.17. The minimum Gasteiger partial charge on any atom is -0.373 e. The average Bonchev–Trinajstić information content (AvgIpc) is 3.36. The summed E-state index contributed by atoms with van der Waals surface area (Å²) < 4.78 is 13.6. The van der Waals surface area contributed by atoms with Gasteiger partial charge in [-0.1, -0.05) is 47.0 Å². The van der Waals surface area contributed by atoms with E-state index in [1.54, 1.807) is 24.3 Å². The van der Waals surface area contributed by atoms with Gasteiger partial charge in [0.05, 0.1) is 5.69 Å². The molecule has 0 aromatic carbocycles. The number of fused-ring (bicyclic) bond motifs is 1. The van der Waals surface area contributed by atoms with Crippen molar-refractivity contribution in [3.05, 3.63) is 53.9 Å². The van der Waals surface area contributed by atoms with E-state index in [4.69, 9.17) is 0 Å². The fourth-order valence-corrected chi connectivity index (χ4v) is 5.17. The number of rotatable bonds is 4. The zero-order valence-electron chi connectivity index (χ0n) is 23.8. The monoisotopic (exact) mass is 522 g/mol. The van der Waals surface area contributed by atoms with Crippen molar-refractivity contribution in [2.75, 3.05) is 24.3 Å². The summed E-state index contributed by atoms with van der Waals surface area (Å²) in [6, 6.07) is 7.03. The third-order valence-corrected chi connectivity index (χ3v) is 7.32. The summed E-state index contributed by atoms with van der Waals surface area (Å²) in [5.74, 6) is 0.519. The second-order valence-corrected chi connectivity index (χ2v) is 10.6. The van der Waals surface area contributed by atoms with Gasteiger partial charge in [-0.3, -0.25) is 14.9 Å². The van der Waals surface area contributed by atoms with E-state index in [0.717, 1.165) is 49.0 Å². The van der Waals surface area contributed by atoms with Crippen LogP contribution in [0, 0.1) is 17.3 Å². The number of hydrogen-bond donors (Lipinski definition) is 2. The highest BCUT2D eigenvalue weighted by Crippen LogP contribution is 2.38. The molecule has 3 aromatic heterocycles. The lowest BCUT2D eigenvalue weighted by Crippen LogP contribution is -2.33. The molecule has 206 valence electrons. The molecule has 1 fully saturated rings. The van der Waals surface area contributed by atoms with Crippen molar-refractivity contribution in [2.24, 2.45) is 11.3 Å². The summed E-state index contributed by atoms with van der Waals surface area (Å²) in [5, 5.41) is 10.4. The summed E-state index contributed by atoms with van der Waals surface area (Å²) in [7, 11) is 3.58. The number of carbonyl (C=O) groups is 1. The van der Waals surface area contributed by atoms with Crippen molar-refractivity contribution >= 4 is 17.4 Å². The van der Waals surface area contributed by atoms with Gasteiger partial charge in [0.15, 0.2) is 0 Å². The van der Waals surface area contributed by atoms with Crippen LogP contribution in [-0.4, -0.2) is 40.2 Å². The average molecular weight is 523 g/mol. The first-order valence-corrected chi connectivity index (χ1v) is 13.9. The number of carbonyl (C=O) groups excluding carboxylic acids is 1. The Morgan fingerprint density at radius 2 is 1.82 bits per heavy atom. The molecule has 0 unspecified atom stereocenters. The standard InChI is InChI=1S/C15H19FN4.C13H18N2O.C2H6/c1-15(2)5-4-10-11(8-15)19-20-14(10)9-6-12(16)18-13(7-9)17-3;1-15(12-7-9-14-10-8-12)13(16)11-5-3-2-4-6-11;1-2/h6-7H,4-5,8H2,1-3H3,(H,17,18)(H,19,20);7-11H,2-6H2,1H3;1-2H3. The first kappa shape index (κ1) is 29.3. The minimum absolute atomic E-state index is 0.229. The molecular formula is C30H43FN6O. The Bertz CT molecular complexity index is 1170. The van der Waals surface area contributed by atoms with Gasteiger partial charge in [-0.05, 0) is 55.7 Å². The van der Waals surface area contributed by atoms with E-state index in [1.165, 1.54) is 36.6 Å². The zero-order chi connectivity index (χ0) is 27.7. The Labute approximate surface area is 226 Å². The second kappa shape index (κ2) is 13.5. The topological polar surface area (TPSA) is 86.8 Å². The molecule has 0 radical (unpaired) electrons. The number of aromatic nitrogens is 4. The molecule has 38 heavy (non-hydrogen) atoms. The number of pyridine rings is 2. The summed E-state index contributed by atoms with van der Waals surface area (Å²) >= 11 is 0. The van der Waals surface area contributed by atoms with E-state index in [-0.39, 0.29) is 11.8 Å². The predicted molar refractivity (Wildman–Crippen MR) is 153 cm³/mol. The van der Waals surface area contributed by atoms with Crippen molar-refractivity contribution in [3.8, 4) is 11.3 Å². The number of nitrogens with zero attached hydrogens (tertiary/aromatic N) is 4. The van der Waals surface area contributed by atoms with Gasteiger partial charge < -0.3 is 10.2 Å². The SMILES string of the molecule is CC.CN(C(=O)C1CCCCC1)c1ccncc1.CNc1cc(-c2n[nH]c3c2CCC(C)(C)C3)cc(F)n1. The molecule has 1 saturated carbocycles. The van der Waals surface area contributed by atoms with Gasteiger partial charge in [-0.2, -0.15) is 9.49 Å². The Hall–Kier alpha value is -3.29. The van der Waals surface area contributed by atoms with Gasteiger partial charge in [-0.25, -0.2) is 4.98 Å². The number of nitrogens with one attached hydrogen (secondary N) is 2. The lowest BCUT2D eigenvalue weighted by Gasteiger charge is -2.29. The van der Waals surface area contributed by atoms with Crippen LogP contribution < -0.4 is 10.2 Å². The van der Waals surface area contributed by atoms with Crippen molar-refractivity contribution in [2.45, 2.75) is 79.1 Å². The van der Waals surface area contributed by atoms with Crippen LogP contribution in [0.2, 0.25) is 0 Å². The van der Waals surface area contributed by atoms with Crippen LogP contribution in [0.4, 0.5) is 15.9 Å². The van der Waals surface area contributed by atoms with Crippen molar-refractivity contribution in [3.63, 3.8) is 0 Å². The molecule has 2 aliphatic carbocycles. The molecule has 2 N–H and O–H groups in total. The largest absolute Gasteiger partial charge is 0.373 e. The normalized spacial score (nSPS) is 16.2. The first-order valence-electron chi connectivity index (χ1n) is 13.9. The highest BCUT2D eigenvalue weighted by molar-refractivity contribution is 5.94. The van der Waals surface area contributed by atoms with Gasteiger partial charge in [0, 0.05) is 61.0 Å².